The Bertz CT molecular complexity index is 758. The van der Waals surface area contributed by atoms with E-state index in [4.69, 9.17) is 12.2 Å². The van der Waals surface area contributed by atoms with Crippen LogP contribution in [0, 0.1) is 11.7 Å². The van der Waals surface area contributed by atoms with Crippen LogP contribution in [0.25, 0.3) is 10.9 Å². The molecular formula is C16H19FN4OS. The largest absolute Gasteiger partial charge is 0.493 e. The smallest absolute Gasteiger partial charge is 0.218 e. The molecule has 0 spiro atoms. The molecule has 0 radical (unpaired) electrons. The highest BCUT2D eigenvalue weighted by Crippen LogP contribution is 2.35. The van der Waals surface area contributed by atoms with Crippen molar-refractivity contribution in [3.8, 4) is 5.88 Å². The van der Waals surface area contributed by atoms with Crippen molar-refractivity contribution in [3.05, 3.63) is 24.0 Å². The number of hydrogen-bond donors (Lipinski definition) is 3. The number of nitrogens with one attached hydrogen (secondary N) is 2. The molecule has 1 saturated carbocycles. The summed E-state index contributed by atoms with van der Waals surface area (Å²) < 4.78 is 13.4. The van der Waals surface area contributed by atoms with Crippen molar-refractivity contribution < 1.29 is 9.50 Å². The minimum atomic E-state index is -0.398. The second-order valence-corrected chi connectivity index (χ2v) is 6.42. The molecule has 3 rings (SSSR count). The zero-order valence-corrected chi connectivity index (χ0v) is 13.7. The number of halogens is 1. The summed E-state index contributed by atoms with van der Waals surface area (Å²) in [6.07, 6.45) is 4.69. The number of hydrogen-bond acceptors (Lipinski definition) is 3. The maximum absolute atomic E-state index is 13.4. The third kappa shape index (κ3) is 3.50. The van der Waals surface area contributed by atoms with Crippen LogP contribution in [0.15, 0.2) is 28.4 Å². The van der Waals surface area contributed by atoms with Gasteiger partial charge in [0.25, 0.3) is 0 Å². The van der Waals surface area contributed by atoms with Gasteiger partial charge in [-0.05, 0) is 49.2 Å². The topological polar surface area (TPSA) is 72.8 Å². The molecule has 0 unspecified atom stereocenters. The highest BCUT2D eigenvalue weighted by molar-refractivity contribution is 7.80. The number of fused-ring (bicyclic) bond motifs is 1. The molecule has 1 aromatic carbocycles. The van der Waals surface area contributed by atoms with Crippen molar-refractivity contribution in [1.29, 1.82) is 0 Å². The Kier molecular flexibility index (Phi) is 4.56. The van der Waals surface area contributed by atoms with Gasteiger partial charge in [0.15, 0.2) is 5.69 Å². The fourth-order valence-electron chi connectivity index (χ4n) is 3.05. The van der Waals surface area contributed by atoms with Crippen LogP contribution in [0.2, 0.25) is 0 Å². The lowest BCUT2D eigenvalue weighted by Gasteiger charge is -2.29. The minimum Gasteiger partial charge on any atom is -0.493 e. The van der Waals surface area contributed by atoms with Gasteiger partial charge >= 0.3 is 0 Å². The summed E-state index contributed by atoms with van der Waals surface area (Å²) in [4.78, 5) is 2.74. The van der Waals surface area contributed by atoms with Crippen molar-refractivity contribution >= 4 is 33.9 Å². The molecule has 1 aromatic heterocycles. The first-order valence-corrected chi connectivity index (χ1v) is 8.18. The van der Waals surface area contributed by atoms with E-state index >= 15 is 0 Å². The van der Waals surface area contributed by atoms with Gasteiger partial charge < -0.3 is 15.4 Å². The molecule has 5 nitrogen and oxygen atoms in total. The van der Waals surface area contributed by atoms with Crippen LogP contribution in [0.1, 0.15) is 32.6 Å². The second kappa shape index (κ2) is 6.62. The van der Waals surface area contributed by atoms with E-state index in [2.05, 4.69) is 27.5 Å². The Balaban J connectivity index is 1.75. The van der Waals surface area contributed by atoms with Gasteiger partial charge in [-0.3, -0.25) is 0 Å². The SMILES string of the molecule is C[C@@H]1CCCC[C@@H]1NC(=S)N=Nc1c(O)[nH]c2ccc(F)cc12. The van der Waals surface area contributed by atoms with Crippen molar-refractivity contribution in [3.63, 3.8) is 0 Å². The molecule has 0 amide bonds. The highest BCUT2D eigenvalue weighted by Gasteiger charge is 2.21. The highest BCUT2D eigenvalue weighted by atomic mass is 32.1. The van der Waals surface area contributed by atoms with Gasteiger partial charge in [0.1, 0.15) is 5.82 Å². The summed E-state index contributed by atoms with van der Waals surface area (Å²) in [6, 6.07) is 4.48. The van der Waals surface area contributed by atoms with Crippen LogP contribution in [0.3, 0.4) is 0 Å². The normalized spacial score (nSPS) is 21.8. The molecule has 2 aromatic rings. The fourth-order valence-corrected chi connectivity index (χ4v) is 3.24. The zero-order chi connectivity index (χ0) is 16.4. The van der Waals surface area contributed by atoms with Crippen molar-refractivity contribution in [2.24, 2.45) is 16.1 Å². The minimum absolute atomic E-state index is 0.150. The summed E-state index contributed by atoms with van der Waals surface area (Å²) in [7, 11) is 0. The van der Waals surface area contributed by atoms with E-state index in [1.807, 2.05) is 0 Å². The van der Waals surface area contributed by atoms with Crippen LogP contribution in [-0.4, -0.2) is 21.2 Å². The van der Waals surface area contributed by atoms with E-state index in [1.165, 1.54) is 31.4 Å². The number of aromatic nitrogens is 1. The number of H-pyrrole nitrogens is 1. The number of nitrogens with zero attached hydrogens (tertiary/aromatic N) is 2. The monoisotopic (exact) mass is 334 g/mol. The Morgan fingerprint density at radius 3 is 2.96 bits per heavy atom. The van der Waals surface area contributed by atoms with E-state index in [-0.39, 0.29) is 16.7 Å². The Hall–Kier alpha value is -2.02. The Morgan fingerprint density at radius 2 is 2.17 bits per heavy atom. The molecular weight excluding hydrogens is 315 g/mol. The molecule has 0 saturated heterocycles. The fraction of sp³-hybridized carbons (Fsp3) is 0.438. The van der Waals surface area contributed by atoms with Crippen molar-refractivity contribution in [2.75, 3.05) is 0 Å². The lowest BCUT2D eigenvalue weighted by Crippen LogP contribution is -2.39. The van der Waals surface area contributed by atoms with E-state index < -0.39 is 5.82 Å². The predicted octanol–water partition coefficient (Wildman–Crippen LogP) is 4.55. The lowest BCUT2D eigenvalue weighted by molar-refractivity contribution is 0.309. The predicted molar refractivity (Wildman–Crippen MR) is 91.6 cm³/mol. The molecule has 0 bridgehead atoms. The average molecular weight is 334 g/mol. The first kappa shape index (κ1) is 15.9. The first-order valence-electron chi connectivity index (χ1n) is 7.77. The van der Waals surface area contributed by atoms with Crippen molar-refractivity contribution in [1.82, 2.24) is 10.3 Å². The molecule has 0 aliphatic heterocycles. The van der Waals surface area contributed by atoms with E-state index in [1.54, 1.807) is 6.07 Å². The van der Waals surface area contributed by atoms with E-state index in [9.17, 15) is 9.50 Å². The van der Waals surface area contributed by atoms with Gasteiger partial charge in [0.2, 0.25) is 11.0 Å². The average Bonchev–Trinajstić information content (AvgIpc) is 2.82. The molecule has 1 aliphatic carbocycles. The van der Waals surface area contributed by atoms with Gasteiger partial charge in [-0.15, -0.1) is 10.2 Å². The number of thiocarbonyl (C=S) groups is 1. The van der Waals surface area contributed by atoms with Crippen LogP contribution < -0.4 is 5.32 Å². The van der Waals surface area contributed by atoms with Crippen molar-refractivity contribution in [2.45, 2.75) is 38.6 Å². The van der Waals surface area contributed by atoms with E-state index in [0.29, 0.717) is 22.9 Å². The maximum atomic E-state index is 13.4. The molecule has 2 atom stereocenters. The summed E-state index contributed by atoms with van der Waals surface area (Å²) in [5.41, 5.74) is 0.790. The Morgan fingerprint density at radius 1 is 1.39 bits per heavy atom. The second-order valence-electron chi connectivity index (χ2n) is 6.03. The van der Waals surface area contributed by atoms with Gasteiger partial charge in [-0.1, -0.05) is 19.8 Å². The summed E-state index contributed by atoms with van der Waals surface area (Å²) in [6.45, 7) is 2.20. The lowest BCUT2D eigenvalue weighted by atomic mass is 9.86. The first-order chi connectivity index (χ1) is 11.0. The van der Waals surface area contributed by atoms with E-state index in [0.717, 1.165) is 6.42 Å². The van der Waals surface area contributed by atoms with Crippen LogP contribution in [0.4, 0.5) is 10.1 Å². The summed E-state index contributed by atoms with van der Waals surface area (Å²) in [5, 5.41) is 21.9. The van der Waals surface area contributed by atoms with Gasteiger partial charge in [0, 0.05) is 11.4 Å². The van der Waals surface area contributed by atoms with Gasteiger partial charge in [-0.25, -0.2) is 4.39 Å². The molecule has 1 heterocycles. The third-order valence-electron chi connectivity index (χ3n) is 4.38. The van der Waals surface area contributed by atoms with Gasteiger partial charge in [0.05, 0.1) is 5.52 Å². The molecule has 23 heavy (non-hydrogen) atoms. The standard InChI is InChI=1S/C16H19FN4OS/c1-9-4-2-3-5-12(9)19-16(23)21-20-14-11-8-10(17)6-7-13(11)18-15(14)22/h6-9,12,18,22H,2-5H2,1H3,(H,19,23)/t9-,12+/m1/s1. The maximum Gasteiger partial charge on any atom is 0.218 e. The zero-order valence-electron chi connectivity index (χ0n) is 12.8. The summed E-state index contributed by atoms with van der Waals surface area (Å²) in [5.74, 6) is 0.000328. The number of aromatic hydroxyl groups is 1. The summed E-state index contributed by atoms with van der Waals surface area (Å²) >= 11 is 5.22. The molecule has 122 valence electrons. The number of benzene rings is 1. The van der Waals surface area contributed by atoms with Gasteiger partial charge in [-0.2, -0.15) is 0 Å². The third-order valence-corrected chi connectivity index (χ3v) is 4.57. The quantitative estimate of drug-likeness (QED) is 0.557. The van der Waals surface area contributed by atoms with Crippen LogP contribution in [0.5, 0.6) is 5.88 Å². The number of rotatable bonds is 2. The van der Waals surface area contributed by atoms with Crippen LogP contribution >= 0.6 is 12.2 Å². The molecule has 7 heteroatoms. The number of aromatic amines is 1. The van der Waals surface area contributed by atoms with Crippen LogP contribution in [-0.2, 0) is 0 Å². The molecule has 1 aliphatic rings. The number of azo groups is 1. The molecule has 1 fully saturated rings. The molecule has 3 N–H and O–H groups in total. The Labute approximate surface area is 139 Å².